The number of cyclic esters (lactones) is 1. The highest BCUT2D eigenvalue weighted by molar-refractivity contribution is 7.92. The summed E-state index contributed by atoms with van der Waals surface area (Å²) in [5.41, 5.74) is 8.01. The lowest BCUT2D eigenvalue weighted by Crippen LogP contribution is -2.63. The van der Waals surface area contributed by atoms with E-state index in [0.29, 0.717) is 25.8 Å². The molecule has 0 aliphatic carbocycles. The Morgan fingerprint density at radius 1 is 1.10 bits per heavy atom. The van der Waals surface area contributed by atoms with Gasteiger partial charge >= 0.3 is 5.97 Å². The number of aliphatic hydroxyl groups is 1. The van der Waals surface area contributed by atoms with Gasteiger partial charge in [0.25, 0.3) is 11.8 Å². The Morgan fingerprint density at radius 2 is 1.85 bits per heavy atom. The number of carbonyl (C=O) groups excluding carboxylic acids is 4. The Kier molecular flexibility index (Phi) is 14.5. The number of carbonyl (C=O) groups is 4. The quantitative estimate of drug-likeness (QED) is 0.169. The zero-order valence-electron chi connectivity index (χ0n) is 39.9. The molecule has 4 aromatic rings. The molecule has 3 aliphatic rings. The fourth-order valence-corrected chi connectivity index (χ4v) is 10.8. The summed E-state index contributed by atoms with van der Waals surface area (Å²) in [7, 11) is -0.843. The first kappa shape index (κ1) is 49.4. The number of ether oxygens (including phenoxy) is 2. The van der Waals surface area contributed by atoms with Crippen LogP contribution < -0.4 is 10.7 Å². The molecule has 360 valence electrons. The molecule has 2 saturated heterocycles. The Labute approximate surface area is 393 Å². The van der Waals surface area contributed by atoms with Crippen molar-refractivity contribution in [3.63, 3.8) is 0 Å². The number of benzene rings is 2. The highest BCUT2D eigenvalue weighted by Crippen LogP contribution is 2.42. The van der Waals surface area contributed by atoms with E-state index in [0.717, 1.165) is 64.7 Å². The van der Waals surface area contributed by atoms with E-state index in [4.69, 9.17) is 14.5 Å². The third kappa shape index (κ3) is 10.1. The fourth-order valence-electron chi connectivity index (χ4n) is 9.88. The van der Waals surface area contributed by atoms with E-state index in [2.05, 4.69) is 66.9 Å². The molecule has 16 nitrogen and oxygen atoms in total. The van der Waals surface area contributed by atoms with Crippen LogP contribution >= 0.6 is 0 Å². The average molecular weight is 940 g/mol. The molecule has 5 heterocycles. The van der Waals surface area contributed by atoms with Crippen molar-refractivity contribution in [1.82, 2.24) is 34.5 Å². The van der Waals surface area contributed by atoms with Crippen LogP contribution in [0.15, 0.2) is 72.8 Å². The minimum absolute atomic E-state index is 0.0615. The number of methoxy groups -OCH3 is 1. The smallest absolute Gasteiger partial charge is 0.324 e. The first-order valence-electron chi connectivity index (χ1n) is 23.1. The molecule has 3 aliphatic heterocycles. The normalized spacial score (nSPS) is 22.5. The van der Waals surface area contributed by atoms with Gasteiger partial charge in [-0.25, -0.2) is 13.8 Å². The largest absolute Gasteiger partial charge is 0.464 e. The number of pyridine rings is 1. The van der Waals surface area contributed by atoms with Crippen LogP contribution in [0.3, 0.4) is 0 Å². The van der Waals surface area contributed by atoms with Crippen LogP contribution in [0.1, 0.15) is 83.7 Å². The van der Waals surface area contributed by atoms with E-state index in [-0.39, 0.29) is 38.6 Å². The van der Waals surface area contributed by atoms with Crippen molar-refractivity contribution in [1.29, 1.82) is 0 Å². The molecular formula is C50H65N7O9S. The zero-order chi connectivity index (χ0) is 48.6. The van der Waals surface area contributed by atoms with E-state index in [1.54, 1.807) is 27.2 Å². The molecule has 0 radical (unpaired) electrons. The second-order valence-electron chi connectivity index (χ2n) is 19.3. The molecule has 0 saturated carbocycles. The summed E-state index contributed by atoms with van der Waals surface area (Å²) in [5, 5.41) is 17.6. The molecule has 3 N–H and O–H groups in total. The van der Waals surface area contributed by atoms with Crippen molar-refractivity contribution in [3.8, 4) is 22.4 Å². The van der Waals surface area contributed by atoms with Crippen molar-refractivity contribution in [2.75, 3.05) is 40.4 Å². The molecule has 3 amide bonds. The lowest BCUT2D eigenvalue weighted by atomic mass is 9.84. The Bertz CT molecular complexity index is 2660. The maximum absolute atomic E-state index is 14.7. The standard InChI is InChI=1S/C50H65N7O9S/c1-10-56-41-20-19-35-27-37(41)38(44(56)36-17-13-22-51-42(36)32(5)65-9)28-49(6,7)30-66-47(60)39-18-14-23-57(53-39)46(59)40(26-33-15-12-16-34(35)25-33)52-45(58)43(31(3)4)54(8)48(61)50(62)21-24-55(29-50)67(63,64)11-2/h11-13,15-17,19-20,22,25,27,31-32,39-40,43,53,62H,2,10,14,18,21,23-24,26,28-30H2,1,3-9H3,(H,52,58)/t32-,39-,40-,43-,50?/m0/s1. The van der Waals surface area contributed by atoms with Crippen molar-refractivity contribution in [2.45, 2.75) is 110 Å². The number of esters is 1. The summed E-state index contributed by atoms with van der Waals surface area (Å²) in [6, 6.07) is 15.1. The number of hydrazine groups is 1. The first-order valence-corrected chi connectivity index (χ1v) is 24.6. The molecule has 2 aromatic carbocycles. The van der Waals surface area contributed by atoms with Crippen molar-refractivity contribution >= 4 is 44.6 Å². The summed E-state index contributed by atoms with van der Waals surface area (Å²) >= 11 is 0. The number of fused-ring (bicyclic) bond motifs is 6. The lowest BCUT2D eigenvalue weighted by Gasteiger charge is -2.37. The Balaban J connectivity index is 1.29. The van der Waals surface area contributed by atoms with Crippen LogP contribution in [-0.4, -0.2) is 125 Å². The van der Waals surface area contributed by atoms with E-state index in [1.807, 2.05) is 37.3 Å². The predicted molar refractivity (Wildman–Crippen MR) is 255 cm³/mol. The van der Waals surface area contributed by atoms with Gasteiger partial charge in [-0.05, 0) is 85.5 Å². The van der Waals surface area contributed by atoms with E-state index < -0.39 is 75.3 Å². The second kappa shape index (κ2) is 19.6. The fraction of sp³-hybridized carbons (Fsp3) is 0.500. The number of aromatic nitrogens is 2. The summed E-state index contributed by atoms with van der Waals surface area (Å²) < 4.78 is 40.3. The number of hydrogen-bond donors (Lipinski definition) is 3. The number of hydrogen-bond acceptors (Lipinski definition) is 11. The molecule has 0 spiro atoms. The van der Waals surface area contributed by atoms with Crippen molar-refractivity contribution in [2.24, 2.45) is 11.3 Å². The van der Waals surface area contributed by atoms with Crippen LogP contribution in [0.5, 0.6) is 0 Å². The number of sulfonamides is 1. The summed E-state index contributed by atoms with van der Waals surface area (Å²) in [4.78, 5) is 63.1. The van der Waals surface area contributed by atoms with Gasteiger partial charge in [0.05, 0.1) is 30.6 Å². The summed E-state index contributed by atoms with van der Waals surface area (Å²) in [5.74, 6) is -2.92. The zero-order valence-corrected chi connectivity index (χ0v) is 40.7. The van der Waals surface area contributed by atoms with Crippen LogP contribution in [0, 0.1) is 11.3 Å². The van der Waals surface area contributed by atoms with Gasteiger partial charge in [-0.2, -0.15) is 4.31 Å². The molecule has 67 heavy (non-hydrogen) atoms. The summed E-state index contributed by atoms with van der Waals surface area (Å²) in [6.45, 7) is 15.6. The number of amides is 3. The van der Waals surface area contributed by atoms with Gasteiger partial charge in [-0.15, -0.1) is 0 Å². The van der Waals surface area contributed by atoms with Gasteiger partial charge in [-0.3, -0.25) is 29.2 Å². The Morgan fingerprint density at radius 3 is 2.55 bits per heavy atom. The van der Waals surface area contributed by atoms with Gasteiger partial charge in [0.15, 0.2) is 5.60 Å². The topological polar surface area (TPSA) is 193 Å². The number of nitrogens with one attached hydrogen (secondary N) is 2. The van der Waals surface area contributed by atoms with Gasteiger partial charge in [0, 0.05) is 80.1 Å². The first-order chi connectivity index (χ1) is 31.7. The molecule has 7 rings (SSSR count). The lowest BCUT2D eigenvalue weighted by molar-refractivity contribution is -0.156. The number of rotatable bonds is 11. The van der Waals surface area contributed by atoms with Crippen LogP contribution in [0.25, 0.3) is 33.3 Å². The van der Waals surface area contributed by atoms with Crippen molar-refractivity contribution < 1.29 is 42.2 Å². The number of nitrogens with zero attached hydrogens (tertiary/aromatic N) is 5. The maximum Gasteiger partial charge on any atom is 0.324 e. The van der Waals surface area contributed by atoms with E-state index in [1.165, 1.54) is 12.1 Å². The van der Waals surface area contributed by atoms with Crippen LogP contribution in [-0.2, 0) is 58.1 Å². The average Bonchev–Trinajstić information content (AvgIpc) is 3.87. The predicted octanol–water partition coefficient (Wildman–Crippen LogP) is 5.14. The number of aryl methyl sites for hydroxylation is 1. The molecule has 6 bridgehead atoms. The minimum atomic E-state index is -3.91. The van der Waals surface area contributed by atoms with Gasteiger partial charge in [0.1, 0.15) is 18.1 Å². The third-order valence-electron chi connectivity index (χ3n) is 13.4. The Hall–Kier alpha value is -5.46. The van der Waals surface area contributed by atoms with Gasteiger partial charge < -0.3 is 29.4 Å². The monoisotopic (exact) mass is 939 g/mol. The molecule has 17 heteroatoms. The molecule has 5 atom stereocenters. The number of likely N-dealkylation sites (N-methyl/N-ethyl adjacent to an activating group) is 1. The van der Waals surface area contributed by atoms with E-state index >= 15 is 0 Å². The van der Waals surface area contributed by atoms with Crippen molar-refractivity contribution in [3.05, 3.63) is 89.6 Å². The molecule has 1 unspecified atom stereocenters. The van der Waals surface area contributed by atoms with Gasteiger partial charge in [0.2, 0.25) is 15.9 Å². The van der Waals surface area contributed by atoms with Crippen LogP contribution in [0.2, 0.25) is 0 Å². The minimum Gasteiger partial charge on any atom is -0.464 e. The van der Waals surface area contributed by atoms with Gasteiger partial charge in [-0.1, -0.05) is 64.6 Å². The highest BCUT2D eigenvalue weighted by atomic mass is 32.2. The highest BCUT2D eigenvalue weighted by Gasteiger charge is 2.49. The molecular weight excluding hydrogens is 875 g/mol. The molecule has 2 fully saturated rings. The maximum atomic E-state index is 14.7. The third-order valence-corrected chi connectivity index (χ3v) is 14.9. The number of β-amino-alcohol motifs (C(OH)–C–C–N with tert-alkyl or cyclic N) is 1. The van der Waals surface area contributed by atoms with Crippen LogP contribution in [0.4, 0.5) is 0 Å². The van der Waals surface area contributed by atoms with E-state index in [9.17, 15) is 32.7 Å². The second-order valence-corrected chi connectivity index (χ2v) is 21.2. The molecule has 2 aromatic heterocycles. The SMILES string of the molecule is C=CS(=O)(=O)N1CCC(O)(C(=O)N(C)[C@H](C(=O)N[C@H]2Cc3cccc(c3)-c3ccc4c(c3)c(c(-c3cccnc3[C@H](C)OC)n4CC)CC(C)(C)COC(=O)[C@@H]3CCCN(N3)C2=O)C(C)C)C1. The summed E-state index contributed by atoms with van der Waals surface area (Å²) in [6.07, 6.45) is 2.88.